The number of hydrogen-bond donors (Lipinski definition) is 2. The Labute approximate surface area is 102 Å². The van der Waals surface area contributed by atoms with Gasteiger partial charge in [-0.3, -0.25) is 4.79 Å². The van der Waals surface area contributed by atoms with Gasteiger partial charge in [-0.2, -0.15) is 0 Å². The maximum atomic E-state index is 11.8. The molecule has 0 fully saturated rings. The van der Waals surface area contributed by atoms with Crippen LogP contribution in [0.25, 0.3) is 0 Å². The first-order chi connectivity index (χ1) is 7.06. The fraction of sp³-hybridized carbons (Fsp3) is 0.500. The molecular formula is C10H14BrNO2S. The largest absolute Gasteiger partial charge is 0.394 e. The van der Waals surface area contributed by atoms with E-state index in [0.717, 1.165) is 4.47 Å². The van der Waals surface area contributed by atoms with Crippen LogP contribution in [0.2, 0.25) is 0 Å². The van der Waals surface area contributed by atoms with Crippen LogP contribution in [0.15, 0.2) is 15.9 Å². The number of carbonyl (C=O) groups is 1. The van der Waals surface area contributed by atoms with Crippen molar-refractivity contribution in [3.05, 3.63) is 20.8 Å². The first-order valence-electron chi connectivity index (χ1n) is 4.71. The van der Waals surface area contributed by atoms with Crippen LogP contribution in [-0.4, -0.2) is 23.7 Å². The summed E-state index contributed by atoms with van der Waals surface area (Å²) in [6, 6.07) is 1.65. The quantitative estimate of drug-likeness (QED) is 0.894. The Morgan fingerprint density at radius 2 is 2.33 bits per heavy atom. The molecule has 0 aliphatic heterocycles. The number of aliphatic hydroxyl groups is 1. The van der Waals surface area contributed by atoms with E-state index in [4.69, 9.17) is 5.11 Å². The van der Waals surface area contributed by atoms with Gasteiger partial charge in [-0.25, -0.2) is 0 Å². The van der Waals surface area contributed by atoms with Crippen molar-refractivity contribution in [3.63, 3.8) is 0 Å². The average molecular weight is 292 g/mol. The standard InChI is InChI=1S/C10H14BrNO2S/c1-6(2)8(5-13)12-10(14)9-7(11)3-4-15-9/h3-4,6,8,13H,5H2,1-2H3,(H,12,14)/t8-/m1/s1. The summed E-state index contributed by atoms with van der Waals surface area (Å²) < 4.78 is 0.797. The minimum absolute atomic E-state index is 0.0353. The Morgan fingerprint density at radius 3 is 2.73 bits per heavy atom. The zero-order valence-corrected chi connectivity index (χ0v) is 11.1. The van der Waals surface area contributed by atoms with E-state index in [1.807, 2.05) is 25.3 Å². The summed E-state index contributed by atoms with van der Waals surface area (Å²) in [5, 5.41) is 13.7. The number of hydrogen-bond acceptors (Lipinski definition) is 3. The van der Waals surface area contributed by atoms with Gasteiger partial charge in [0.2, 0.25) is 0 Å². The molecule has 0 saturated heterocycles. The lowest BCUT2D eigenvalue weighted by molar-refractivity contribution is 0.0900. The molecule has 1 heterocycles. The maximum absolute atomic E-state index is 11.8. The molecule has 2 N–H and O–H groups in total. The van der Waals surface area contributed by atoms with E-state index >= 15 is 0 Å². The number of thiophene rings is 1. The van der Waals surface area contributed by atoms with Crippen LogP contribution in [-0.2, 0) is 0 Å². The van der Waals surface area contributed by atoms with Crippen molar-refractivity contribution >= 4 is 33.2 Å². The minimum atomic E-state index is -0.188. The van der Waals surface area contributed by atoms with Gasteiger partial charge in [0.1, 0.15) is 4.88 Å². The van der Waals surface area contributed by atoms with Crippen molar-refractivity contribution in [2.45, 2.75) is 19.9 Å². The van der Waals surface area contributed by atoms with Crippen molar-refractivity contribution in [1.29, 1.82) is 0 Å². The Kier molecular flexibility index (Phi) is 4.76. The minimum Gasteiger partial charge on any atom is -0.394 e. The number of amides is 1. The third-order valence-electron chi connectivity index (χ3n) is 2.14. The molecule has 1 amide bonds. The summed E-state index contributed by atoms with van der Waals surface area (Å²) in [4.78, 5) is 12.4. The highest BCUT2D eigenvalue weighted by molar-refractivity contribution is 9.10. The molecule has 0 aliphatic carbocycles. The normalized spacial score (nSPS) is 12.9. The molecule has 1 atom stereocenters. The monoisotopic (exact) mass is 291 g/mol. The molecule has 0 aromatic carbocycles. The van der Waals surface area contributed by atoms with Crippen molar-refractivity contribution in [2.75, 3.05) is 6.61 Å². The van der Waals surface area contributed by atoms with Crippen molar-refractivity contribution in [3.8, 4) is 0 Å². The van der Waals surface area contributed by atoms with Crippen LogP contribution < -0.4 is 5.32 Å². The Hall–Kier alpha value is -0.390. The highest BCUT2D eigenvalue weighted by Gasteiger charge is 2.18. The van der Waals surface area contributed by atoms with Gasteiger partial charge in [0.15, 0.2) is 0 Å². The molecule has 0 unspecified atom stereocenters. The van der Waals surface area contributed by atoms with Crippen molar-refractivity contribution in [2.24, 2.45) is 5.92 Å². The Balaban J connectivity index is 2.67. The fourth-order valence-corrected chi connectivity index (χ4v) is 2.57. The lowest BCUT2D eigenvalue weighted by Crippen LogP contribution is -2.40. The summed E-state index contributed by atoms with van der Waals surface area (Å²) in [7, 11) is 0. The predicted octanol–water partition coefficient (Wildman–Crippen LogP) is 2.26. The molecular weight excluding hydrogens is 278 g/mol. The average Bonchev–Trinajstić information content (AvgIpc) is 2.60. The Morgan fingerprint density at radius 1 is 1.67 bits per heavy atom. The summed E-state index contributed by atoms with van der Waals surface area (Å²) in [6.45, 7) is 3.89. The highest BCUT2D eigenvalue weighted by Crippen LogP contribution is 2.22. The highest BCUT2D eigenvalue weighted by atomic mass is 79.9. The molecule has 1 aromatic heterocycles. The topological polar surface area (TPSA) is 49.3 Å². The van der Waals surface area contributed by atoms with Gasteiger partial charge in [-0.05, 0) is 33.3 Å². The van der Waals surface area contributed by atoms with E-state index in [2.05, 4.69) is 21.2 Å². The van der Waals surface area contributed by atoms with E-state index < -0.39 is 0 Å². The van der Waals surface area contributed by atoms with Crippen LogP contribution in [0.3, 0.4) is 0 Å². The lowest BCUT2D eigenvalue weighted by Gasteiger charge is -2.19. The lowest BCUT2D eigenvalue weighted by atomic mass is 10.1. The van der Waals surface area contributed by atoms with E-state index in [0.29, 0.717) is 4.88 Å². The number of carbonyl (C=O) groups excluding carboxylic acids is 1. The summed E-state index contributed by atoms with van der Waals surface area (Å²) in [5.41, 5.74) is 0. The fourth-order valence-electron chi connectivity index (χ4n) is 1.11. The SMILES string of the molecule is CC(C)[C@@H](CO)NC(=O)c1sccc1Br. The third-order valence-corrected chi connectivity index (χ3v) is 3.98. The third kappa shape index (κ3) is 3.29. The van der Waals surface area contributed by atoms with Gasteiger partial charge >= 0.3 is 0 Å². The van der Waals surface area contributed by atoms with E-state index in [1.165, 1.54) is 11.3 Å². The van der Waals surface area contributed by atoms with Crippen LogP contribution in [0, 0.1) is 5.92 Å². The zero-order chi connectivity index (χ0) is 11.4. The summed E-state index contributed by atoms with van der Waals surface area (Å²) in [6.07, 6.45) is 0. The van der Waals surface area contributed by atoms with E-state index in [9.17, 15) is 4.79 Å². The summed E-state index contributed by atoms with van der Waals surface area (Å²) in [5.74, 6) is 0.0855. The maximum Gasteiger partial charge on any atom is 0.262 e. The second kappa shape index (κ2) is 5.63. The van der Waals surface area contributed by atoms with E-state index in [1.54, 1.807) is 0 Å². The number of nitrogens with one attached hydrogen (secondary N) is 1. The molecule has 0 aliphatic rings. The van der Waals surface area contributed by atoms with Gasteiger partial charge in [0.25, 0.3) is 5.91 Å². The molecule has 3 nitrogen and oxygen atoms in total. The summed E-state index contributed by atoms with van der Waals surface area (Å²) >= 11 is 4.68. The van der Waals surface area contributed by atoms with Gasteiger partial charge in [-0.15, -0.1) is 11.3 Å². The molecule has 0 saturated carbocycles. The van der Waals surface area contributed by atoms with Crippen molar-refractivity contribution in [1.82, 2.24) is 5.32 Å². The van der Waals surface area contributed by atoms with Gasteiger partial charge in [-0.1, -0.05) is 13.8 Å². The number of aliphatic hydroxyl groups excluding tert-OH is 1. The van der Waals surface area contributed by atoms with Gasteiger partial charge in [0, 0.05) is 4.47 Å². The first-order valence-corrected chi connectivity index (χ1v) is 6.38. The van der Waals surface area contributed by atoms with Gasteiger partial charge in [0.05, 0.1) is 12.6 Å². The number of rotatable bonds is 4. The molecule has 1 aromatic rings. The second-order valence-electron chi connectivity index (χ2n) is 3.60. The smallest absolute Gasteiger partial charge is 0.262 e. The molecule has 84 valence electrons. The molecule has 0 bridgehead atoms. The first kappa shape index (κ1) is 12.7. The van der Waals surface area contributed by atoms with Gasteiger partial charge < -0.3 is 10.4 Å². The van der Waals surface area contributed by atoms with Crippen molar-refractivity contribution < 1.29 is 9.90 Å². The molecule has 0 radical (unpaired) electrons. The van der Waals surface area contributed by atoms with E-state index in [-0.39, 0.29) is 24.5 Å². The Bertz CT molecular complexity index is 338. The molecule has 5 heteroatoms. The van der Waals surface area contributed by atoms with Crippen LogP contribution in [0.5, 0.6) is 0 Å². The predicted molar refractivity (Wildman–Crippen MR) is 65.2 cm³/mol. The molecule has 15 heavy (non-hydrogen) atoms. The molecule has 0 spiro atoms. The second-order valence-corrected chi connectivity index (χ2v) is 5.37. The zero-order valence-electron chi connectivity index (χ0n) is 8.66. The van der Waals surface area contributed by atoms with Crippen LogP contribution in [0.4, 0.5) is 0 Å². The molecule has 1 rings (SSSR count). The van der Waals surface area contributed by atoms with Crippen LogP contribution in [0.1, 0.15) is 23.5 Å². The van der Waals surface area contributed by atoms with Crippen LogP contribution >= 0.6 is 27.3 Å². The number of halogens is 1.